The first-order chi connectivity index (χ1) is 13.1. The Balaban J connectivity index is 1.71. The van der Waals surface area contributed by atoms with Crippen LogP contribution in [0.5, 0.6) is 11.5 Å². The molecule has 1 amide bonds. The number of nitrogens with zero attached hydrogens (tertiary/aromatic N) is 1. The molecule has 5 heteroatoms. The zero-order chi connectivity index (χ0) is 19.2. The maximum absolute atomic E-state index is 12.4. The first-order valence-corrected chi connectivity index (χ1v) is 8.67. The second kappa shape index (κ2) is 8.36. The Morgan fingerprint density at radius 1 is 1.22 bits per heavy atom. The average Bonchev–Trinajstić information content (AvgIpc) is 2.69. The van der Waals surface area contributed by atoms with Crippen LogP contribution in [0, 0.1) is 6.92 Å². The number of ether oxygens (including phenoxy) is 2. The molecule has 0 atom stereocenters. The Hall–Kier alpha value is -3.34. The number of hydrogen-bond donors (Lipinski definition) is 1. The quantitative estimate of drug-likeness (QED) is 0.637. The van der Waals surface area contributed by atoms with Gasteiger partial charge in [0.05, 0.1) is 18.3 Å². The number of carbonyl (C=O) groups is 1. The number of carbonyl (C=O) groups excluding carboxylic acids is 1. The highest BCUT2D eigenvalue weighted by atomic mass is 16.5. The third kappa shape index (κ3) is 4.26. The van der Waals surface area contributed by atoms with Crippen molar-refractivity contribution in [1.82, 2.24) is 4.98 Å². The lowest BCUT2D eigenvalue weighted by Gasteiger charge is -2.13. The molecule has 0 aliphatic rings. The van der Waals surface area contributed by atoms with E-state index in [-0.39, 0.29) is 12.5 Å². The molecule has 0 saturated carbocycles. The van der Waals surface area contributed by atoms with Crippen LogP contribution in [0.15, 0.2) is 61.3 Å². The summed E-state index contributed by atoms with van der Waals surface area (Å²) in [6, 6.07) is 13.2. The van der Waals surface area contributed by atoms with E-state index in [4.69, 9.17) is 9.47 Å². The van der Waals surface area contributed by atoms with Crippen molar-refractivity contribution in [2.45, 2.75) is 13.3 Å². The predicted molar refractivity (Wildman–Crippen MR) is 107 cm³/mol. The molecule has 2 aromatic carbocycles. The van der Waals surface area contributed by atoms with Gasteiger partial charge < -0.3 is 14.8 Å². The Kier molecular flexibility index (Phi) is 5.71. The number of nitrogens with one attached hydrogen (secondary N) is 1. The van der Waals surface area contributed by atoms with Crippen LogP contribution in [0.1, 0.15) is 11.1 Å². The molecule has 0 radical (unpaired) electrons. The van der Waals surface area contributed by atoms with Crippen molar-refractivity contribution in [3.05, 3.63) is 72.4 Å². The summed E-state index contributed by atoms with van der Waals surface area (Å²) in [5.74, 6) is 0.865. The molecule has 1 heterocycles. The van der Waals surface area contributed by atoms with E-state index >= 15 is 0 Å². The lowest BCUT2D eigenvalue weighted by molar-refractivity contribution is -0.118. The van der Waals surface area contributed by atoms with Crippen molar-refractivity contribution in [2.75, 3.05) is 19.0 Å². The molecule has 3 rings (SSSR count). The van der Waals surface area contributed by atoms with Gasteiger partial charge in [0, 0.05) is 11.6 Å². The molecule has 3 aromatic rings. The summed E-state index contributed by atoms with van der Waals surface area (Å²) >= 11 is 0. The van der Waals surface area contributed by atoms with Gasteiger partial charge >= 0.3 is 0 Å². The Morgan fingerprint density at radius 2 is 2.07 bits per heavy atom. The number of benzene rings is 2. The van der Waals surface area contributed by atoms with Gasteiger partial charge in [-0.2, -0.15) is 0 Å². The number of anilines is 1. The number of hydrogen-bond acceptors (Lipinski definition) is 4. The first-order valence-electron chi connectivity index (χ1n) is 8.67. The summed E-state index contributed by atoms with van der Waals surface area (Å²) in [6.07, 6.45) is 4.31. The number of fused-ring (bicyclic) bond motifs is 1. The monoisotopic (exact) mass is 362 g/mol. The fourth-order valence-electron chi connectivity index (χ4n) is 2.88. The van der Waals surface area contributed by atoms with Crippen molar-refractivity contribution in [2.24, 2.45) is 0 Å². The molecule has 1 N–H and O–H groups in total. The molecule has 138 valence electrons. The summed E-state index contributed by atoms with van der Waals surface area (Å²) < 4.78 is 11.0. The Morgan fingerprint density at radius 3 is 2.85 bits per heavy atom. The molecular formula is C22H22N2O3. The van der Waals surface area contributed by atoms with Crippen LogP contribution in [-0.4, -0.2) is 24.6 Å². The van der Waals surface area contributed by atoms with E-state index in [2.05, 4.69) is 16.9 Å². The van der Waals surface area contributed by atoms with Crippen LogP contribution < -0.4 is 14.8 Å². The fourth-order valence-corrected chi connectivity index (χ4v) is 2.88. The summed E-state index contributed by atoms with van der Waals surface area (Å²) in [4.78, 5) is 16.8. The van der Waals surface area contributed by atoms with Gasteiger partial charge in [0.15, 0.2) is 18.1 Å². The van der Waals surface area contributed by atoms with E-state index in [0.29, 0.717) is 17.2 Å². The van der Waals surface area contributed by atoms with E-state index in [1.54, 1.807) is 19.4 Å². The van der Waals surface area contributed by atoms with Gasteiger partial charge in [-0.1, -0.05) is 18.2 Å². The lowest BCUT2D eigenvalue weighted by atomic mass is 10.1. The topological polar surface area (TPSA) is 60.5 Å². The van der Waals surface area contributed by atoms with Crippen molar-refractivity contribution < 1.29 is 14.3 Å². The van der Waals surface area contributed by atoms with Gasteiger partial charge in [0.2, 0.25) is 0 Å². The van der Waals surface area contributed by atoms with Crippen LogP contribution in [0.3, 0.4) is 0 Å². The van der Waals surface area contributed by atoms with Crippen molar-refractivity contribution in [3.8, 4) is 11.5 Å². The minimum absolute atomic E-state index is 0.118. The maximum Gasteiger partial charge on any atom is 0.262 e. The number of allylic oxidation sites excluding steroid dienone is 1. The van der Waals surface area contributed by atoms with E-state index in [1.807, 2.05) is 49.4 Å². The van der Waals surface area contributed by atoms with Gasteiger partial charge in [-0.15, -0.1) is 6.58 Å². The molecule has 0 bridgehead atoms. The van der Waals surface area contributed by atoms with Crippen LogP contribution >= 0.6 is 0 Å². The molecule has 0 unspecified atom stereocenters. The third-order valence-electron chi connectivity index (χ3n) is 4.21. The second-order valence-electron chi connectivity index (χ2n) is 6.14. The van der Waals surface area contributed by atoms with Crippen molar-refractivity contribution in [3.63, 3.8) is 0 Å². The van der Waals surface area contributed by atoms with Crippen LogP contribution in [0.4, 0.5) is 5.69 Å². The number of pyridine rings is 1. The van der Waals surface area contributed by atoms with Gasteiger partial charge in [-0.05, 0) is 54.8 Å². The van der Waals surface area contributed by atoms with Gasteiger partial charge in [-0.3, -0.25) is 9.78 Å². The number of aromatic nitrogens is 1. The fraction of sp³-hybridized carbons (Fsp3) is 0.182. The highest BCUT2D eigenvalue weighted by Crippen LogP contribution is 2.29. The molecule has 1 aromatic heterocycles. The summed E-state index contributed by atoms with van der Waals surface area (Å²) in [6.45, 7) is 5.60. The van der Waals surface area contributed by atoms with Gasteiger partial charge in [0.1, 0.15) is 0 Å². The van der Waals surface area contributed by atoms with Crippen molar-refractivity contribution in [1.29, 1.82) is 0 Å². The highest BCUT2D eigenvalue weighted by molar-refractivity contribution is 6.02. The normalized spacial score (nSPS) is 10.4. The molecule has 0 spiro atoms. The number of amides is 1. The Bertz CT molecular complexity index is 982. The summed E-state index contributed by atoms with van der Waals surface area (Å²) in [5, 5.41) is 3.79. The minimum Gasteiger partial charge on any atom is -0.493 e. The lowest BCUT2D eigenvalue weighted by Crippen LogP contribution is -2.20. The molecule has 27 heavy (non-hydrogen) atoms. The van der Waals surface area contributed by atoms with Gasteiger partial charge in [-0.25, -0.2) is 0 Å². The average molecular weight is 362 g/mol. The predicted octanol–water partition coefficient (Wildman–Crippen LogP) is 4.30. The van der Waals surface area contributed by atoms with E-state index in [1.165, 1.54) is 0 Å². The molecule has 0 saturated heterocycles. The smallest absolute Gasteiger partial charge is 0.262 e. The van der Waals surface area contributed by atoms with Crippen LogP contribution in [0.2, 0.25) is 0 Å². The second-order valence-corrected chi connectivity index (χ2v) is 6.14. The molecular weight excluding hydrogens is 340 g/mol. The Labute approximate surface area is 158 Å². The standard InChI is InChI=1S/C22H22N2O3/c1-4-6-16-9-11-19(20(13-16)26-3)27-14-21(25)24-18-10-8-15(2)22-17(18)7-5-12-23-22/h4-5,7-13H,1,6,14H2,2-3H3,(H,24,25). The van der Waals surface area contributed by atoms with E-state index in [9.17, 15) is 4.79 Å². The molecule has 0 aliphatic heterocycles. The number of methoxy groups -OCH3 is 1. The number of rotatable bonds is 7. The van der Waals surface area contributed by atoms with E-state index < -0.39 is 0 Å². The van der Waals surface area contributed by atoms with Crippen LogP contribution in [-0.2, 0) is 11.2 Å². The highest BCUT2D eigenvalue weighted by Gasteiger charge is 2.11. The van der Waals surface area contributed by atoms with Crippen molar-refractivity contribution >= 4 is 22.5 Å². The number of aryl methyl sites for hydroxylation is 1. The first kappa shape index (κ1) is 18.5. The minimum atomic E-state index is -0.249. The summed E-state index contributed by atoms with van der Waals surface area (Å²) in [7, 11) is 1.57. The molecule has 0 fully saturated rings. The van der Waals surface area contributed by atoms with Crippen LogP contribution in [0.25, 0.3) is 10.9 Å². The van der Waals surface area contributed by atoms with Gasteiger partial charge in [0.25, 0.3) is 5.91 Å². The van der Waals surface area contributed by atoms with E-state index in [0.717, 1.165) is 28.5 Å². The summed E-state index contributed by atoms with van der Waals surface area (Å²) in [5.41, 5.74) is 3.71. The SMILES string of the molecule is C=CCc1ccc(OCC(=O)Nc2ccc(C)c3ncccc23)c(OC)c1. The zero-order valence-electron chi connectivity index (χ0n) is 15.5. The zero-order valence-corrected chi connectivity index (χ0v) is 15.5. The molecule has 5 nitrogen and oxygen atoms in total. The largest absolute Gasteiger partial charge is 0.493 e. The molecule has 0 aliphatic carbocycles. The third-order valence-corrected chi connectivity index (χ3v) is 4.21. The maximum atomic E-state index is 12.4.